The van der Waals surface area contributed by atoms with Crippen molar-refractivity contribution in [3.63, 3.8) is 0 Å². The molecule has 7 nitrogen and oxygen atoms in total. The summed E-state index contributed by atoms with van der Waals surface area (Å²) in [5.74, 6) is -1.14. The minimum absolute atomic E-state index is 0.0133. The first-order chi connectivity index (χ1) is 14.7. The van der Waals surface area contributed by atoms with E-state index in [4.69, 9.17) is 14.6 Å². The number of esters is 1. The molecule has 1 N–H and O–H groups in total. The molecule has 2 aliphatic rings. The molecule has 0 spiro atoms. The zero-order valence-corrected chi connectivity index (χ0v) is 17.8. The van der Waals surface area contributed by atoms with Crippen LogP contribution in [0, 0.1) is 11.3 Å². The van der Waals surface area contributed by atoms with Crippen LogP contribution < -0.4 is 0 Å². The Labute approximate surface area is 180 Å². The topological polar surface area (TPSA) is 93.1 Å². The highest BCUT2D eigenvalue weighted by Gasteiger charge is 2.62. The maximum absolute atomic E-state index is 12.4. The zero-order chi connectivity index (χ0) is 22.2. The first kappa shape index (κ1) is 21.2. The van der Waals surface area contributed by atoms with E-state index in [2.05, 4.69) is 30.3 Å². The van der Waals surface area contributed by atoms with Crippen molar-refractivity contribution in [2.45, 2.75) is 38.5 Å². The second-order valence-electron chi connectivity index (χ2n) is 9.46. The van der Waals surface area contributed by atoms with Gasteiger partial charge in [0.2, 0.25) is 6.79 Å². The number of rotatable bonds is 7. The Bertz CT molecular complexity index is 1030. The first-order valence-corrected chi connectivity index (χ1v) is 10.5. The maximum atomic E-state index is 12.4. The molecule has 1 amide bonds. The van der Waals surface area contributed by atoms with E-state index in [0.717, 1.165) is 6.42 Å². The van der Waals surface area contributed by atoms with E-state index in [-0.39, 0.29) is 18.3 Å². The third-order valence-corrected chi connectivity index (χ3v) is 6.38. The second-order valence-corrected chi connectivity index (χ2v) is 9.46. The van der Waals surface area contributed by atoms with E-state index in [1.165, 1.54) is 16.3 Å². The quantitative estimate of drug-likeness (QED) is 0.533. The molecule has 0 aromatic heterocycles. The van der Waals surface area contributed by atoms with Gasteiger partial charge in [-0.15, -0.1) is 0 Å². The molecule has 1 saturated heterocycles. The van der Waals surface area contributed by atoms with Crippen molar-refractivity contribution >= 4 is 28.8 Å². The van der Waals surface area contributed by atoms with Crippen LogP contribution in [0.25, 0.3) is 10.8 Å². The summed E-state index contributed by atoms with van der Waals surface area (Å²) in [4.78, 5) is 36.9. The molecule has 0 unspecified atom stereocenters. The van der Waals surface area contributed by atoms with Crippen LogP contribution in [0.3, 0.4) is 0 Å². The number of amides is 1. The van der Waals surface area contributed by atoms with Crippen LogP contribution in [0.5, 0.6) is 0 Å². The van der Waals surface area contributed by atoms with Crippen LogP contribution >= 0.6 is 0 Å². The molecule has 0 bridgehead atoms. The van der Waals surface area contributed by atoms with Crippen molar-refractivity contribution in [3.8, 4) is 0 Å². The summed E-state index contributed by atoms with van der Waals surface area (Å²) in [6, 6.07) is 14.7. The van der Waals surface area contributed by atoms with Crippen LogP contribution in [0.15, 0.2) is 42.5 Å². The molecule has 1 heterocycles. The fourth-order valence-electron chi connectivity index (χ4n) is 4.72. The van der Waals surface area contributed by atoms with Crippen molar-refractivity contribution in [2.24, 2.45) is 11.3 Å². The Balaban J connectivity index is 1.28. The van der Waals surface area contributed by atoms with Gasteiger partial charge < -0.3 is 19.5 Å². The van der Waals surface area contributed by atoms with Gasteiger partial charge in [-0.3, -0.25) is 9.59 Å². The summed E-state index contributed by atoms with van der Waals surface area (Å²) >= 11 is 0. The summed E-state index contributed by atoms with van der Waals surface area (Å²) in [6.07, 6.45) is 0.356. The monoisotopic (exact) mass is 425 g/mol. The second kappa shape index (κ2) is 7.87. The molecule has 2 atom stereocenters. The number of carbonyl (C=O) groups is 3. The van der Waals surface area contributed by atoms with Crippen molar-refractivity contribution in [1.29, 1.82) is 0 Å². The van der Waals surface area contributed by atoms with Gasteiger partial charge in [0, 0.05) is 18.5 Å². The number of hydrogen-bond acceptors (Lipinski definition) is 5. The van der Waals surface area contributed by atoms with Gasteiger partial charge in [-0.25, -0.2) is 4.79 Å². The van der Waals surface area contributed by atoms with Crippen molar-refractivity contribution in [3.05, 3.63) is 48.0 Å². The molecule has 1 aliphatic carbocycles. The van der Waals surface area contributed by atoms with E-state index in [9.17, 15) is 14.4 Å². The molecule has 4 rings (SSSR count). The molecule has 7 heteroatoms. The number of piperidine rings is 1. The average Bonchev–Trinajstić information content (AvgIpc) is 3.27. The summed E-state index contributed by atoms with van der Waals surface area (Å²) in [5, 5.41) is 11.3. The molecule has 1 saturated carbocycles. The molecule has 2 aromatic carbocycles. The van der Waals surface area contributed by atoms with Crippen LogP contribution in [-0.2, 0) is 24.5 Å². The smallest absolute Gasteiger partial charge is 0.412 e. The Morgan fingerprint density at radius 1 is 1.10 bits per heavy atom. The van der Waals surface area contributed by atoms with Gasteiger partial charge in [0.1, 0.15) is 0 Å². The summed E-state index contributed by atoms with van der Waals surface area (Å²) in [6.45, 7) is 4.11. The number of fused-ring (bicyclic) bond motifs is 2. The Kier molecular flexibility index (Phi) is 5.37. The van der Waals surface area contributed by atoms with Crippen LogP contribution in [0.1, 0.15) is 38.7 Å². The zero-order valence-electron chi connectivity index (χ0n) is 17.8. The Morgan fingerprint density at radius 3 is 2.58 bits per heavy atom. The van der Waals surface area contributed by atoms with Crippen molar-refractivity contribution < 1.29 is 29.0 Å². The maximum Gasteiger partial charge on any atom is 0.412 e. The predicted molar refractivity (Wildman–Crippen MR) is 113 cm³/mol. The van der Waals surface area contributed by atoms with E-state index in [0.29, 0.717) is 19.0 Å². The average molecular weight is 425 g/mol. The van der Waals surface area contributed by atoms with Gasteiger partial charge in [-0.05, 0) is 34.1 Å². The fraction of sp³-hybridized carbons (Fsp3) is 0.458. The molecule has 0 radical (unpaired) electrons. The molecular formula is C24H27NO6. The molecule has 31 heavy (non-hydrogen) atoms. The lowest BCUT2D eigenvalue weighted by Crippen LogP contribution is -2.34. The fourth-order valence-corrected chi connectivity index (χ4v) is 4.72. The number of likely N-dealkylation sites (tertiary alicyclic amines) is 1. The first-order valence-electron chi connectivity index (χ1n) is 10.5. The largest absolute Gasteiger partial charge is 0.481 e. The van der Waals surface area contributed by atoms with Crippen LogP contribution in [0.4, 0.5) is 4.79 Å². The van der Waals surface area contributed by atoms with Gasteiger partial charge in [0.15, 0.2) is 0 Å². The number of carbonyl (C=O) groups excluding carboxylic acids is 2. The lowest BCUT2D eigenvalue weighted by molar-refractivity contribution is -0.155. The van der Waals surface area contributed by atoms with E-state index in [1.807, 2.05) is 12.1 Å². The minimum atomic E-state index is -0.975. The highest BCUT2D eigenvalue weighted by molar-refractivity contribution is 5.83. The van der Waals surface area contributed by atoms with Gasteiger partial charge in [0.25, 0.3) is 0 Å². The molecule has 164 valence electrons. The highest BCUT2D eigenvalue weighted by atomic mass is 16.7. The third-order valence-electron chi connectivity index (χ3n) is 6.38. The van der Waals surface area contributed by atoms with Crippen molar-refractivity contribution in [1.82, 2.24) is 4.90 Å². The summed E-state index contributed by atoms with van der Waals surface area (Å²) in [5.41, 5.74) is 0.509. The summed E-state index contributed by atoms with van der Waals surface area (Å²) in [7, 11) is 0. The van der Waals surface area contributed by atoms with Crippen LogP contribution in [0.2, 0.25) is 0 Å². The van der Waals surface area contributed by atoms with Gasteiger partial charge in [-0.1, -0.05) is 56.3 Å². The number of ether oxygens (including phenoxy) is 2. The third kappa shape index (κ3) is 4.50. The Hall–Kier alpha value is -3.09. The molecular weight excluding hydrogens is 398 g/mol. The molecule has 2 fully saturated rings. The number of carboxylic acid groups (broad SMARTS) is 1. The minimum Gasteiger partial charge on any atom is -0.481 e. The highest BCUT2D eigenvalue weighted by Crippen LogP contribution is 2.59. The molecule has 2 aromatic rings. The SMILES string of the molecule is CC(C)(CC(=O)O)CC(=O)OCOC(=O)N1C[C@H]2C[C@@]2(c2ccc3ccccc3c2)C1. The van der Waals surface area contributed by atoms with Crippen molar-refractivity contribution in [2.75, 3.05) is 19.9 Å². The number of hydrogen-bond donors (Lipinski definition) is 1. The van der Waals surface area contributed by atoms with Gasteiger partial charge in [-0.2, -0.15) is 0 Å². The Morgan fingerprint density at radius 2 is 1.84 bits per heavy atom. The van der Waals surface area contributed by atoms with Crippen LogP contribution in [-0.4, -0.2) is 47.9 Å². The van der Waals surface area contributed by atoms with Gasteiger partial charge in [0.05, 0.1) is 12.8 Å². The van der Waals surface area contributed by atoms with Gasteiger partial charge >= 0.3 is 18.0 Å². The molecule has 1 aliphatic heterocycles. The van der Waals surface area contributed by atoms with E-state index in [1.54, 1.807) is 18.7 Å². The normalized spacial score (nSPS) is 22.1. The number of benzene rings is 2. The number of nitrogens with zero attached hydrogens (tertiary/aromatic N) is 1. The lowest BCUT2D eigenvalue weighted by atomic mass is 9.86. The number of aliphatic carboxylic acids is 1. The standard InChI is InChI=1S/C24H27NO6/c1-23(2,11-20(26)27)12-21(28)30-15-31-22(29)25-13-19-10-24(19,14-25)18-8-7-16-5-3-4-6-17(16)9-18/h3-9,19H,10-15H2,1-2H3,(H,26,27)/t19-,24+/m1/s1. The van der Waals surface area contributed by atoms with E-state index < -0.39 is 30.2 Å². The number of carboxylic acids is 1. The summed E-state index contributed by atoms with van der Waals surface area (Å²) < 4.78 is 10.1. The lowest BCUT2D eigenvalue weighted by Gasteiger charge is -2.22. The van der Waals surface area contributed by atoms with E-state index >= 15 is 0 Å². The predicted octanol–water partition coefficient (Wildman–Crippen LogP) is 3.94.